The molecule has 0 saturated carbocycles. The Morgan fingerprint density at radius 2 is 2.00 bits per heavy atom. The predicted molar refractivity (Wildman–Crippen MR) is 61.9 cm³/mol. The van der Waals surface area contributed by atoms with Gasteiger partial charge in [0.15, 0.2) is 0 Å². The Morgan fingerprint density at radius 3 is 2.47 bits per heavy atom. The Labute approximate surface area is 92.6 Å². The van der Waals surface area contributed by atoms with Gasteiger partial charge in [-0.05, 0) is 27.2 Å². The molecule has 1 aliphatic heterocycles. The molecule has 0 spiro atoms. The van der Waals surface area contributed by atoms with Crippen molar-refractivity contribution in [3.8, 4) is 0 Å². The van der Waals surface area contributed by atoms with Crippen LogP contribution < -0.4 is 5.32 Å². The number of rotatable bonds is 1. The third kappa shape index (κ3) is 3.70. The minimum absolute atomic E-state index is 0.119. The van der Waals surface area contributed by atoms with Crippen LogP contribution >= 0.6 is 0 Å². The van der Waals surface area contributed by atoms with Gasteiger partial charge in [-0.2, -0.15) is 0 Å². The molecule has 1 saturated heterocycles. The Balaban J connectivity index is 2.43. The van der Waals surface area contributed by atoms with Crippen LogP contribution in [0, 0.1) is 0 Å². The monoisotopic (exact) mass is 213 g/mol. The van der Waals surface area contributed by atoms with E-state index in [0.29, 0.717) is 6.04 Å². The molecular weight excluding hydrogens is 190 g/mol. The van der Waals surface area contributed by atoms with Gasteiger partial charge in [0.2, 0.25) is 0 Å². The molecule has 0 bridgehead atoms. The van der Waals surface area contributed by atoms with Gasteiger partial charge >= 0.3 is 6.03 Å². The zero-order valence-corrected chi connectivity index (χ0v) is 10.5. The SMILES string of the molecule is CN(C)C(=O)N1CC[C@@H](NC(C)(C)C)C1. The first-order chi connectivity index (χ1) is 6.79. The van der Waals surface area contributed by atoms with E-state index in [1.54, 1.807) is 19.0 Å². The summed E-state index contributed by atoms with van der Waals surface area (Å²) in [5, 5.41) is 3.53. The van der Waals surface area contributed by atoms with Crippen molar-refractivity contribution in [2.45, 2.75) is 38.8 Å². The first-order valence-electron chi connectivity index (χ1n) is 5.53. The summed E-state index contributed by atoms with van der Waals surface area (Å²) in [5.41, 5.74) is 0.127. The van der Waals surface area contributed by atoms with Gasteiger partial charge in [0.25, 0.3) is 0 Å². The van der Waals surface area contributed by atoms with Crippen molar-refractivity contribution in [3.63, 3.8) is 0 Å². The van der Waals surface area contributed by atoms with E-state index in [1.165, 1.54) is 0 Å². The van der Waals surface area contributed by atoms with Crippen molar-refractivity contribution in [2.75, 3.05) is 27.2 Å². The van der Waals surface area contributed by atoms with Gasteiger partial charge in [-0.3, -0.25) is 0 Å². The van der Waals surface area contributed by atoms with Crippen molar-refractivity contribution in [2.24, 2.45) is 0 Å². The largest absolute Gasteiger partial charge is 0.331 e. The summed E-state index contributed by atoms with van der Waals surface area (Å²) in [6.45, 7) is 8.16. The van der Waals surface area contributed by atoms with Crippen molar-refractivity contribution < 1.29 is 4.79 Å². The van der Waals surface area contributed by atoms with Crippen LogP contribution in [0.3, 0.4) is 0 Å². The van der Waals surface area contributed by atoms with E-state index >= 15 is 0 Å². The number of nitrogens with zero attached hydrogens (tertiary/aromatic N) is 2. The summed E-state index contributed by atoms with van der Waals surface area (Å²) in [6, 6.07) is 0.558. The quantitative estimate of drug-likeness (QED) is 0.709. The van der Waals surface area contributed by atoms with Gasteiger partial charge in [0.05, 0.1) is 0 Å². The smallest absolute Gasteiger partial charge is 0.319 e. The van der Waals surface area contributed by atoms with E-state index in [-0.39, 0.29) is 11.6 Å². The standard InChI is InChI=1S/C11H23N3O/c1-11(2,3)12-9-6-7-14(8-9)10(15)13(4)5/h9,12H,6-8H2,1-5H3/t9-/m1/s1. The highest BCUT2D eigenvalue weighted by Gasteiger charge is 2.29. The van der Waals surface area contributed by atoms with E-state index in [0.717, 1.165) is 19.5 Å². The van der Waals surface area contributed by atoms with Crippen LogP contribution in [0.4, 0.5) is 4.79 Å². The fourth-order valence-corrected chi connectivity index (χ4v) is 1.95. The fourth-order valence-electron chi connectivity index (χ4n) is 1.95. The minimum Gasteiger partial charge on any atom is -0.331 e. The van der Waals surface area contributed by atoms with Crippen molar-refractivity contribution in [3.05, 3.63) is 0 Å². The van der Waals surface area contributed by atoms with Crippen LogP contribution in [0.15, 0.2) is 0 Å². The Hall–Kier alpha value is -0.770. The van der Waals surface area contributed by atoms with Crippen LogP contribution in [0.5, 0.6) is 0 Å². The van der Waals surface area contributed by atoms with Gasteiger partial charge in [0, 0.05) is 38.8 Å². The molecule has 1 atom stereocenters. The van der Waals surface area contributed by atoms with Gasteiger partial charge in [-0.1, -0.05) is 0 Å². The molecule has 0 aromatic carbocycles. The van der Waals surface area contributed by atoms with Crippen molar-refractivity contribution in [1.82, 2.24) is 15.1 Å². The Kier molecular flexibility index (Phi) is 3.60. The van der Waals surface area contributed by atoms with Crippen molar-refractivity contribution >= 4 is 6.03 Å². The maximum absolute atomic E-state index is 11.7. The second kappa shape index (κ2) is 4.39. The molecule has 4 nitrogen and oxygen atoms in total. The topological polar surface area (TPSA) is 35.6 Å². The number of hydrogen-bond acceptors (Lipinski definition) is 2. The third-order valence-electron chi connectivity index (χ3n) is 2.48. The zero-order valence-electron chi connectivity index (χ0n) is 10.5. The number of carbonyl (C=O) groups is 1. The molecule has 4 heteroatoms. The lowest BCUT2D eigenvalue weighted by Crippen LogP contribution is -2.46. The molecule has 1 N–H and O–H groups in total. The first kappa shape index (κ1) is 12.3. The highest BCUT2D eigenvalue weighted by atomic mass is 16.2. The van der Waals surface area contributed by atoms with Crippen LogP contribution in [0.2, 0.25) is 0 Å². The summed E-state index contributed by atoms with van der Waals surface area (Å²) in [7, 11) is 3.60. The van der Waals surface area contributed by atoms with Crippen LogP contribution in [-0.4, -0.2) is 54.6 Å². The third-order valence-corrected chi connectivity index (χ3v) is 2.48. The molecule has 0 aliphatic carbocycles. The van der Waals surface area contributed by atoms with Crippen LogP contribution in [0.1, 0.15) is 27.2 Å². The lowest BCUT2D eigenvalue weighted by molar-refractivity contribution is 0.180. The molecular formula is C11H23N3O. The van der Waals surface area contributed by atoms with E-state index in [1.807, 2.05) is 4.90 Å². The van der Waals surface area contributed by atoms with Gasteiger partial charge in [-0.25, -0.2) is 4.79 Å². The predicted octanol–water partition coefficient (Wildman–Crippen LogP) is 1.13. The molecule has 0 unspecified atom stereocenters. The molecule has 1 heterocycles. The van der Waals surface area contributed by atoms with E-state index in [2.05, 4.69) is 26.1 Å². The lowest BCUT2D eigenvalue weighted by Gasteiger charge is -2.26. The summed E-state index contributed by atoms with van der Waals surface area (Å²) < 4.78 is 0. The molecule has 1 fully saturated rings. The second-order valence-corrected chi connectivity index (χ2v) is 5.50. The van der Waals surface area contributed by atoms with E-state index in [9.17, 15) is 4.79 Å². The highest BCUT2D eigenvalue weighted by molar-refractivity contribution is 5.74. The van der Waals surface area contributed by atoms with E-state index < -0.39 is 0 Å². The van der Waals surface area contributed by atoms with Crippen LogP contribution in [0.25, 0.3) is 0 Å². The van der Waals surface area contributed by atoms with Gasteiger partial charge in [-0.15, -0.1) is 0 Å². The van der Waals surface area contributed by atoms with Crippen LogP contribution in [-0.2, 0) is 0 Å². The number of likely N-dealkylation sites (tertiary alicyclic amines) is 1. The first-order valence-corrected chi connectivity index (χ1v) is 5.53. The Morgan fingerprint density at radius 1 is 1.40 bits per heavy atom. The molecule has 0 aromatic rings. The number of hydrogen-bond donors (Lipinski definition) is 1. The van der Waals surface area contributed by atoms with Gasteiger partial charge < -0.3 is 15.1 Å². The molecule has 0 radical (unpaired) electrons. The summed E-state index contributed by atoms with van der Waals surface area (Å²) in [5.74, 6) is 0. The molecule has 88 valence electrons. The maximum atomic E-state index is 11.7. The normalized spacial score (nSPS) is 21.9. The van der Waals surface area contributed by atoms with Crippen molar-refractivity contribution in [1.29, 1.82) is 0 Å². The second-order valence-electron chi connectivity index (χ2n) is 5.50. The molecule has 15 heavy (non-hydrogen) atoms. The number of carbonyl (C=O) groups excluding carboxylic acids is 1. The highest BCUT2D eigenvalue weighted by Crippen LogP contribution is 2.13. The zero-order chi connectivity index (χ0) is 11.6. The maximum Gasteiger partial charge on any atom is 0.319 e. The number of amides is 2. The number of urea groups is 1. The van der Waals surface area contributed by atoms with E-state index in [4.69, 9.17) is 0 Å². The summed E-state index contributed by atoms with van der Waals surface area (Å²) in [6.07, 6.45) is 1.05. The molecule has 1 aliphatic rings. The Bertz CT molecular complexity index is 232. The summed E-state index contributed by atoms with van der Waals surface area (Å²) in [4.78, 5) is 15.2. The minimum atomic E-state index is 0.119. The average Bonchev–Trinajstić information content (AvgIpc) is 2.48. The lowest BCUT2D eigenvalue weighted by atomic mass is 10.1. The average molecular weight is 213 g/mol. The van der Waals surface area contributed by atoms with Gasteiger partial charge in [0.1, 0.15) is 0 Å². The summed E-state index contributed by atoms with van der Waals surface area (Å²) >= 11 is 0. The molecule has 0 aromatic heterocycles. The fraction of sp³-hybridized carbons (Fsp3) is 0.909. The molecule has 2 amide bonds. The number of nitrogens with one attached hydrogen (secondary N) is 1. The molecule has 1 rings (SSSR count).